The fraction of sp³-hybridized carbons (Fsp3) is 0.182. The second kappa shape index (κ2) is 4.57. The molecule has 0 atom stereocenters. The van der Waals surface area contributed by atoms with Crippen LogP contribution in [0.1, 0.15) is 23.2 Å². The summed E-state index contributed by atoms with van der Waals surface area (Å²) in [5.74, 6) is 0.275. The summed E-state index contributed by atoms with van der Waals surface area (Å²) >= 11 is 3.28. The number of rotatable bonds is 3. The summed E-state index contributed by atoms with van der Waals surface area (Å²) in [6, 6.07) is 3.47. The van der Waals surface area contributed by atoms with Crippen LogP contribution in [0.2, 0.25) is 0 Å². The maximum atomic E-state index is 12.0. The first-order valence-corrected chi connectivity index (χ1v) is 5.69. The largest absolute Gasteiger partial charge is 0.328 e. The zero-order valence-corrected chi connectivity index (χ0v) is 10.3. The predicted molar refractivity (Wildman–Crippen MR) is 63.3 cm³/mol. The summed E-state index contributed by atoms with van der Waals surface area (Å²) in [6.07, 6.45) is 5.01. The first-order chi connectivity index (χ1) is 7.72. The van der Waals surface area contributed by atoms with Crippen LogP contribution in [0.4, 0.5) is 0 Å². The highest BCUT2D eigenvalue weighted by Crippen LogP contribution is 2.10. The average molecular weight is 280 g/mol. The fourth-order valence-electron chi connectivity index (χ4n) is 1.40. The highest BCUT2D eigenvalue weighted by Gasteiger charge is 2.15. The molecule has 2 rings (SSSR count). The van der Waals surface area contributed by atoms with Gasteiger partial charge in [0.2, 0.25) is 5.78 Å². The second-order valence-corrected chi connectivity index (χ2v) is 4.14. The van der Waals surface area contributed by atoms with Crippen molar-refractivity contribution in [3.63, 3.8) is 0 Å². The van der Waals surface area contributed by atoms with E-state index >= 15 is 0 Å². The molecule has 5 heteroatoms. The first-order valence-electron chi connectivity index (χ1n) is 4.89. The number of carbonyl (C=O) groups excluding carboxylic acids is 1. The number of nitrogens with zero attached hydrogens (tertiary/aromatic N) is 3. The summed E-state index contributed by atoms with van der Waals surface area (Å²) < 4.78 is 2.65. The molecule has 0 aromatic carbocycles. The highest BCUT2D eigenvalue weighted by molar-refractivity contribution is 9.10. The molecule has 0 radical (unpaired) electrons. The number of ketones is 1. The summed E-state index contributed by atoms with van der Waals surface area (Å²) in [7, 11) is 0. The molecule has 0 bridgehead atoms. The van der Waals surface area contributed by atoms with Crippen LogP contribution in [0, 0.1) is 0 Å². The molecule has 4 nitrogen and oxygen atoms in total. The van der Waals surface area contributed by atoms with E-state index in [1.54, 1.807) is 35.3 Å². The number of imidazole rings is 1. The maximum Gasteiger partial charge on any atom is 0.246 e. The van der Waals surface area contributed by atoms with E-state index in [1.807, 2.05) is 6.92 Å². The number of hydrogen-bond donors (Lipinski definition) is 0. The van der Waals surface area contributed by atoms with E-state index in [1.165, 1.54) is 0 Å². The van der Waals surface area contributed by atoms with Gasteiger partial charge in [0.05, 0.1) is 0 Å². The molecule has 0 saturated carbocycles. The van der Waals surface area contributed by atoms with Crippen LogP contribution < -0.4 is 0 Å². The summed E-state index contributed by atoms with van der Waals surface area (Å²) in [5.41, 5.74) is 0.407. The lowest BCUT2D eigenvalue weighted by Crippen LogP contribution is -2.11. The van der Waals surface area contributed by atoms with Crippen LogP contribution in [0.5, 0.6) is 0 Å². The Kier molecular flexibility index (Phi) is 3.14. The number of hydrogen-bond acceptors (Lipinski definition) is 3. The van der Waals surface area contributed by atoms with Crippen LogP contribution in [0.3, 0.4) is 0 Å². The van der Waals surface area contributed by atoms with Gasteiger partial charge < -0.3 is 4.57 Å². The van der Waals surface area contributed by atoms with Crippen LogP contribution >= 0.6 is 15.9 Å². The average Bonchev–Trinajstić information content (AvgIpc) is 2.77. The third-order valence-corrected chi connectivity index (χ3v) is 2.69. The highest BCUT2D eigenvalue weighted by atomic mass is 79.9. The Morgan fingerprint density at radius 2 is 2.25 bits per heavy atom. The number of pyridine rings is 1. The summed E-state index contributed by atoms with van der Waals surface area (Å²) in [5, 5.41) is 0. The lowest BCUT2D eigenvalue weighted by Gasteiger charge is -2.02. The van der Waals surface area contributed by atoms with Gasteiger partial charge in [-0.3, -0.25) is 9.78 Å². The van der Waals surface area contributed by atoms with Crippen LogP contribution in [0.25, 0.3) is 0 Å². The molecular weight excluding hydrogens is 270 g/mol. The molecule has 0 N–H and O–H groups in total. The Morgan fingerprint density at radius 3 is 2.88 bits per heavy atom. The predicted octanol–water partition coefficient (Wildman–Crippen LogP) is 2.29. The van der Waals surface area contributed by atoms with Gasteiger partial charge >= 0.3 is 0 Å². The molecule has 0 spiro atoms. The number of carbonyl (C=O) groups is 1. The zero-order chi connectivity index (χ0) is 11.5. The van der Waals surface area contributed by atoms with Crippen molar-refractivity contribution in [3.8, 4) is 0 Å². The van der Waals surface area contributed by atoms with Gasteiger partial charge in [0, 0.05) is 29.6 Å². The normalized spacial score (nSPS) is 10.4. The Morgan fingerprint density at radius 1 is 1.44 bits per heavy atom. The lowest BCUT2D eigenvalue weighted by atomic mass is 10.2. The van der Waals surface area contributed by atoms with Gasteiger partial charge in [0.1, 0.15) is 5.69 Å². The molecule has 0 aliphatic heterocycles. The van der Waals surface area contributed by atoms with E-state index in [9.17, 15) is 4.79 Å². The number of aromatic nitrogens is 3. The van der Waals surface area contributed by atoms with E-state index in [4.69, 9.17) is 0 Å². The zero-order valence-electron chi connectivity index (χ0n) is 8.72. The van der Waals surface area contributed by atoms with Crippen molar-refractivity contribution in [3.05, 3.63) is 46.7 Å². The minimum Gasteiger partial charge on any atom is -0.328 e. The van der Waals surface area contributed by atoms with Gasteiger partial charge in [-0.15, -0.1) is 0 Å². The van der Waals surface area contributed by atoms with Crippen molar-refractivity contribution in [2.75, 3.05) is 0 Å². The molecule has 2 aromatic rings. The molecule has 0 saturated heterocycles. The van der Waals surface area contributed by atoms with Gasteiger partial charge in [-0.2, -0.15) is 0 Å². The molecule has 0 aliphatic carbocycles. The van der Waals surface area contributed by atoms with E-state index in [2.05, 4.69) is 25.9 Å². The van der Waals surface area contributed by atoms with E-state index in [-0.39, 0.29) is 5.78 Å². The third kappa shape index (κ3) is 2.04. The van der Waals surface area contributed by atoms with E-state index < -0.39 is 0 Å². The van der Waals surface area contributed by atoms with Crippen molar-refractivity contribution < 1.29 is 4.79 Å². The Balaban J connectivity index is 2.35. The molecule has 2 heterocycles. The molecule has 2 aromatic heterocycles. The van der Waals surface area contributed by atoms with E-state index in [0.29, 0.717) is 11.5 Å². The van der Waals surface area contributed by atoms with Gasteiger partial charge in [0.25, 0.3) is 0 Å². The van der Waals surface area contributed by atoms with Crippen LogP contribution in [0.15, 0.2) is 35.2 Å². The standard InChI is InChI=1S/C11H10BrN3O/c1-2-15-6-5-13-11(15)10(16)9-4-3-8(12)7-14-9/h3-7H,2H2,1H3. The number of aryl methyl sites for hydroxylation is 1. The van der Waals surface area contributed by atoms with Crippen molar-refractivity contribution in [2.24, 2.45) is 0 Å². The summed E-state index contributed by atoms with van der Waals surface area (Å²) in [4.78, 5) is 20.1. The minimum absolute atomic E-state index is 0.153. The lowest BCUT2D eigenvalue weighted by molar-refractivity contribution is 0.102. The van der Waals surface area contributed by atoms with Crippen LogP contribution in [-0.4, -0.2) is 20.3 Å². The Labute approximate surface area is 101 Å². The van der Waals surface area contributed by atoms with Crippen molar-refractivity contribution >= 4 is 21.7 Å². The third-order valence-electron chi connectivity index (χ3n) is 2.22. The molecule has 0 aliphatic rings. The van der Waals surface area contributed by atoms with Crippen molar-refractivity contribution in [2.45, 2.75) is 13.5 Å². The minimum atomic E-state index is -0.153. The number of halogens is 1. The van der Waals surface area contributed by atoms with Gasteiger partial charge in [0.15, 0.2) is 5.82 Å². The van der Waals surface area contributed by atoms with Gasteiger partial charge in [-0.25, -0.2) is 4.98 Å². The van der Waals surface area contributed by atoms with Crippen LogP contribution in [-0.2, 0) is 6.54 Å². The molecule has 82 valence electrons. The quantitative estimate of drug-likeness (QED) is 0.810. The fourth-order valence-corrected chi connectivity index (χ4v) is 1.63. The molecule has 16 heavy (non-hydrogen) atoms. The molecule has 0 amide bonds. The Hall–Kier alpha value is -1.49. The van der Waals surface area contributed by atoms with Crippen molar-refractivity contribution in [1.29, 1.82) is 0 Å². The first kappa shape index (κ1) is 11.0. The summed E-state index contributed by atoms with van der Waals surface area (Å²) in [6.45, 7) is 2.69. The smallest absolute Gasteiger partial charge is 0.246 e. The Bertz CT molecular complexity index is 504. The maximum absolute atomic E-state index is 12.0. The van der Waals surface area contributed by atoms with Gasteiger partial charge in [-0.1, -0.05) is 0 Å². The monoisotopic (exact) mass is 279 g/mol. The second-order valence-electron chi connectivity index (χ2n) is 3.23. The topological polar surface area (TPSA) is 47.8 Å². The van der Waals surface area contributed by atoms with E-state index in [0.717, 1.165) is 11.0 Å². The van der Waals surface area contributed by atoms with Crippen molar-refractivity contribution in [1.82, 2.24) is 14.5 Å². The SMILES string of the molecule is CCn1ccnc1C(=O)c1ccc(Br)cn1. The van der Waals surface area contributed by atoms with Gasteiger partial charge in [-0.05, 0) is 35.0 Å². The molecule has 0 unspecified atom stereocenters. The molecular formula is C11H10BrN3O. The molecule has 0 fully saturated rings.